The van der Waals surface area contributed by atoms with E-state index in [9.17, 15) is 8.42 Å². The first-order chi connectivity index (χ1) is 11.0. The zero-order valence-electron chi connectivity index (χ0n) is 13.3. The summed E-state index contributed by atoms with van der Waals surface area (Å²) in [7, 11) is -1.97. The summed E-state index contributed by atoms with van der Waals surface area (Å²) in [6, 6.07) is 10.4. The van der Waals surface area contributed by atoms with Gasteiger partial charge in [0.15, 0.2) is 0 Å². The number of hydrogen-bond acceptors (Lipinski definition) is 4. The molecule has 0 N–H and O–H groups in total. The highest BCUT2D eigenvalue weighted by Gasteiger charge is 2.36. The van der Waals surface area contributed by atoms with Crippen molar-refractivity contribution in [3.63, 3.8) is 0 Å². The second kappa shape index (κ2) is 6.29. The topological polar surface area (TPSA) is 59.5 Å². The van der Waals surface area contributed by atoms with Gasteiger partial charge in [-0.1, -0.05) is 6.07 Å². The molecule has 0 spiro atoms. The predicted molar refractivity (Wildman–Crippen MR) is 87.8 cm³/mol. The second-order valence-electron chi connectivity index (χ2n) is 5.66. The fraction of sp³-hybridized carbons (Fsp3) is 0.353. The maximum absolute atomic E-state index is 13.0. The van der Waals surface area contributed by atoms with E-state index in [1.807, 2.05) is 25.1 Å². The van der Waals surface area contributed by atoms with Crippen LogP contribution in [0.15, 0.2) is 47.5 Å². The molecule has 0 aliphatic carbocycles. The molecule has 1 saturated heterocycles. The van der Waals surface area contributed by atoms with Crippen molar-refractivity contribution in [2.75, 3.05) is 13.7 Å². The SMILES string of the molecule is COc1ccc(S(=O)(=O)N2CCCC2c2ccccn2)cc1C. The summed E-state index contributed by atoms with van der Waals surface area (Å²) in [5.41, 5.74) is 1.61. The minimum absolute atomic E-state index is 0.191. The number of hydrogen-bond donors (Lipinski definition) is 0. The van der Waals surface area contributed by atoms with Gasteiger partial charge >= 0.3 is 0 Å². The normalized spacial score (nSPS) is 19.0. The molecule has 1 aromatic heterocycles. The van der Waals surface area contributed by atoms with E-state index in [1.54, 1.807) is 35.8 Å². The van der Waals surface area contributed by atoms with Crippen molar-refractivity contribution >= 4 is 10.0 Å². The molecule has 6 heteroatoms. The molecule has 0 amide bonds. The molecule has 0 saturated carbocycles. The number of rotatable bonds is 4. The number of pyridine rings is 1. The van der Waals surface area contributed by atoms with Gasteiger partial charge in [0, 0.05) is 12.7 Å². The second-order valence-corrected chi connectivity index (χ2v) is 7.55. The van der Waals surface area contributed by atoms with Crippen LogP contribution in [0.25, 0.3) is 0 Å². The van der Waals surface area contributed by atoms with E-state index in [-0.39, 0.29) is 6.04 Å². The Hall–Kier alpha value is -1.92. The molecular formula is C17H20N2O3S. The van der Waals surface area contributed by atoms with Crippen molar-refractivity contribution in [2.45, 2.75) is 30.7 Å². The first kappa shape index (κ1) is 16.0. The largest absolute Gasteiger partial charge is 0.496 e. The Morgan fingerprint density at radius 3 is 2.74 bits per heavy atom. The van der Waals surface area contributed by atoms with E-state index in [1.165, 1.54) is 0 Å². The summed E-state index contributed by atoms with van der Waals surface area (Å²) in [6.45, 7) is 2.37. The maximum Gasteiger partial charge on any atom is 0.243 e. The molecule has 3 rings (SSSR count). The minimum atomic E-state index is -3.55. The predicted octanol–water partition coefficient (Wildman–Crippen LogP) is 2.92. The zero-order chi connectivity index (χ0) is 16.4. The standard InChI is InChI=1S/C17H20N2O3S/c1-13-12-14(8-9-17(13)22-2)23(20,21)19-11-5-7-16(19)15-6-3-4-10-18-15/h3-4,6,8-10,12,16H,5,7,11H2,1-2H3. The van der Waals surface area contributed by atoms with Gasteiger partial charge in [-0.3, -0.25) is 4.98 Å². The fourth-order valence-corrected chi connectivity index (χ4v) is 4.80. The number of methoxy groups -OCH3 is 1. The number of aromatic nitrogens is 1. The smallest absolute Gasteiger partial charge is 0.243 e. The average Bonchev–Trinajstić information content (AvgIpc) is 3.06. The number of benzene rings is 1. The zero-order valence-corrected chi connectivity index (χ0v) is 14.1. The number of ether oxygens (including phenoxy) is 1. The Morgan fingerprint density at radius 1 is 1.26 bits per heavy atom. The summed E-state index contributed by atoms with van der Waals surface area (Å²) < 4.78 is 32.8. The molecule has 1 atom stereocenters. The Morgan fingerprint density at radius 2 is 2.09 bits per heavy atom. The molecule has 1 unspecified atom stereocenters. The summed E-state index contributed by atoms with van der Waals surface area (Å²) in [4.78, 5) is 4.64. The quantitative estimate of drug-likeness (QED) is 0.864. The molecule has 5 nitrogen and oxygen atoms in total. The van der Waals surface area contributed by atoms with Crippen molar-refractivity contribution in [3.05, 3.63) is 53.9 Å². The minimum Gasteiger partial charge on any atom is -0.496 e. The van der Waals surface area contributed by atoms with Crippen LogP contribution in [0.4, 0.5) is 0 Å². The maximum atomic E-state index is 13.0. The molecule has 1 aliphatic rings. The summed E-state index contributed by atoms with van der Waals surface area (Å²) in [5, 5.41) is 0. The fourth-order valence-electron chi connectivity index (χ4n) is 3.04. The van der Waals surface area contributed by atoms with Gasteiger partial charge in [-0.2, -0.15) is 4.31 Å². The van der Waals surface area contributed by atoms with E-state index in [0.717, 1.165) is 24.1 Å². The van der Waals surface area contributed by atoms with Gasteiger partial charge in [0.2, 0.25) is 10.0 Å². The number of aryl methyl sites for hydroxylation is 1. The summed E-state index contributed by atoms with van der Waals surface area (Å²) in [6.07, 6.45) is 3.34. The van der Waals surface area contributed by atoms with Crippen LogP contribution in [0.2, 0.25) is 0 Å². The lowest BCUT2D eigenvalue weighted by atomic mass is 10.1. The number of nitrogens with zero attached hydrogens (tertiary/aromatic N) is 2. The number of sulfonamides is 1. The lowest BCUT2D eigenvalue weighted by molar-refractivity contribution is 0.390. The van der Waals surface area contributed by atoms with Gasteiger partial charge in [0.25, 0.3) is 0 Å². The first-order valence-corrected chi connectivity index (χ1v) is 9.05. The molecule has 1 aliphatic heterocycles. The monoisotopic (exact) mass is 332 g/mol. The van der Waals surface area contributed by atoms with E-state index in [2.05, 4.69) is 4.98 Å². The Balaban J connectivity index is 1.97. The van der Waals surface area contributed by atoms with Crippen LogP contribution in [0.3, 0.4) is 0 Å². The van der Waals surface area contributed by atoms with E-state index in [4.69, 9.17) is 4.74 Å². The molecule has 23 heavy (non-hydrogen) atoms. The van der Waals surface area contributed by atoms with Gasteiger partial charge < -0.3 is 4.74 Å². The lowest BCUT2D eigenvalue weighted by Crippen LogP contribution is -2.31. The van der Waals surface area contributed by atoms with Crippen molar-refractivity contribution < 1.29 is 13.2 Å². The van der Waals surface area contributed by atoms with Crippen LogP contribution in [-0.4, -0.2) is 31.4 Å². The van der Waals surface area contributed by atoms with Crippen molar-refractivity contribution in [2.24, 2.45) is 0 Å². The van der Waals surface area contributed by atoms with Crippen LogP contribution >= 0.6 is 0 Å². The van der Waals surface area contributed by atoms with Crippen molar-refractivity contribution in [1.29, 1.82) is 0 Å². The molecule has 122 valence electrons. The van der Waals surface area contributed by atoms with E-state index in [0.29, 0.717) is 17.2 Å². The highest BCUT2D eigenvalue weighted by atomic mass is 32.2. The molecule has 1 aromatic carbocycles. The highest BCUT2D eigenvalue weighted by molar-refractivity contribution is 7.89. The van der Waals surface area contributed by atoms with E-state index < -0.39 is 10.0 Å². The summed E-state index contributed by atoms with van der Waals surface area (Å²) in [5.74, 6) is 0.687. The third-order valence-electron chi connectivity index (χ3n) is 4.21. The molecule has 1 fully saturated rings. The van der Waals surface area contributed by atoms with Crippen LogP contribution in [0.1, 0.15) is 30.1 Å². The van der Waals surface area contributed by atoms with Gasteiger partial charge in [0.05, 0.1) is 23.7 Å². The van der Waals surface area contributed by atoms with Crippen molar-refractivity contribution in [3.8, 4) is 5.75 Å². The third-order valence-corrected chi connectivity index (χ3v) is 6.11. The third kappa shape index (κ3) is 2.96. The molecular weight excluding hydrogens is 312 g/mol. The summed E-state index contributed by atoms with van der Waals surface area (Å²) >= 11 is 0. The average molecular weight is 332 g/mol. The van der Waals surface area contributed by atoms with Gasteiger partial charge in [-0.15, -0.1) is 0 Å². The van der Waals surface area contributed by atoms with Crippen LogP contribution in [0, 0.1) is 6.92 Å². The molecule has 0 radical (unpaired) electrons. The van der Waals surface area contributed by atoms with Crippen molar-refractivity contribution in [1.82, 2.24) is 9.29 Å². The van der Waals surface area contributed by atoms with Gasteiger partial charge in [0.1, 0.15) is 5.75 Å². The Bertz CT molecular complexity index is 791. The first-order valence-electron chi connectivity index (χ1n) is 7.61. The van der Waals surface area contributed by atoms with Crippen LogP contribution in [-0.2, 0) is 10.0 Å². The Labute approximate surface area is 137 Å². The van der Waals surface area contributed by atoms with E-state index >= 15 is 0 Å². The van der Waals surface area contributed by atoms with Gasteiger partial charge in [-0.05, 0) is 55.7 Å². The van der Waals surface area contributed by atoms with Crippen LogP contribution < -0.4 is 4.74 Å². The molecule has 0 bridgehead atoms. The Kier molecular flexibility index (Phi) is 4.37. The van der Waals surface area contributed by atoms with Crippen LogP contribution in [0.5, 0.6) is 5.75 Å². The molecule has 2 aromatic rings. The molecule has 2 heterocycles. The lowest BCUT2D eigenvalue weighted by Gasteiger charge is -2.24. The van der Waals surface area contributed by atoms with Gasteiger partial charge in [-0.25, -0.2) is 8.42 Å². The highest BCUT2D eigenvalue weighted by Crippen LogP contribution is 2.36.